The fourth-order valence-corrected chi connectivity index (χ4v) is 2.03. The van der Waals surface area contributed by atoms with Gasteiger partial charge in [0.1, 0.15) is 0 Å². The van der Waals surface area contributed by atoms with Crippen LogP contribution in [0, 0.1) is 5.41 Å². The summed E-state index contributed by atoms with van der Waals surface area (Å²) < 4.78 is 0. The van der Waals surface area contributed by atoms with Crippen LogP contribution in [-0.4, -0.2) is 30.4 Å². The maximum atomic E-state index is 7.15. The van der Waals surface area contributed by atoms with Crippen molar-refractivity contribution in [2.75, 3.05) is 19.6 Å². The summed E-state index contributed by atoms with van der Waals surface area (Å²) in [4.78, 5) is 2.53. The van der Waals surface area contributed by atoms with Gasteiger partial charge in [0.25, 0.3) is 0 Å². The van der Waals surface area contributed by atoms with Crippen molar-refractivity contribution < 1.29 is 0 Å². The molecule has 82 valence electrons. The Labute approximate surface area is 87.2 Å². The Morgan fingerprint density at radius 1 is 1.07 bits per heavy atom. The van der Waals surface area contributed by atoms with Gasteiger partial charge in [-0.3, -0.25) is 5.41 Å². The summed E-state index contributed by atoms with van der Waals surface area (Å²) in [7, 11) is 0. The quantitative estimate of drug-likeness (QED) is 0.535. The summed E-state index contributed by atoms with van der Waals surface area (Å²) in [6, 6.07) is 0. The molecular weight excluding hydrogens is 174 g/mol. The summed E-state index contributed by atoms with van der Waals surface area (Å²) in [6.45, 7) is 3.62. The lowest BCUT2D eigenvalue weighted by atomic mass is 10.1. The molecule has 3 heteroatoms. The lowest BCUT2D eigenvalue weighted by Gasteiger charge is -2.24. The van der Waals surface area contributed by atoms with Crippen LogP contribution in [0.5, 0.6) is 0 Å². The minimum Gasteiger partial charge on any atom is -0.388 e. The predicted molar refractivity (Wildman–Crippen MR) is 60.7 cm³/mol. The smallest absolute Gasteiger partial charge is 0.0905 e. The van der Waals surface area contributed by atoms with E-state index < -0.39 is 0 Å². The minimum atomic E-state index is 0.331. The standard InChI is InChI=1S/C11H23N3/c12-11(13)7-6-10-14-8-4-2-1-3-5-9-14/h1-10H2,(H3,12,13). The van der Waals surface area contributed by atoms with Crippen LogP contribution in [0.1, 0.15) is 44.9 Å². The molecule has 0 bridgehead atoms. The Morgan fingerprint density at radius 3 is 2.21 bits per heavy atom. The monoisotopic (exact) mass is 197 g/mol. The Kier molecular flexibility index (Phi) is 5.60. The zero-order valence-electron chi connectivity index (χ0n) is 9.10. The van der Waals surface area contributed by atoms with Gasteiger partial charge in [-0.25, -0.2) is 0 Å². The first-order valence-electron chi connectivity index (χ1n) is 5.84. The number of amidine groups is 1. The molecule has 3 nitrogen and oxygen atoms in total. The second-order valence-electron chi connectivity index (χ2n) is 4.24. The van der Waals surface area contributed by atoms with E-state index in [2.05, 4.69) is 4.90 Å². The number of hydrogen-bond acceptors (Lipinski definition) is 2. The molecule has 0 aliphatic carbocycles. The molecule has 0 atom stereocenters. The van der Waals surface area contributed by atoms with Crippen LogP contribution in [0.25, 0.3) is 0 Å². The third kappa shape index (κ3) is 5.22. The Hall–Kier alpha value is -0.570. The molecule has 0 amide bonds. The van der Waals surface area contributed by atoms with Gasteiger partial charge >= 0.3 is 0 Å². The zero-order chi connectivity index (χ0) is 10.2. The third-order valence-electron chi connectivity index (χ3n) is 2.87. The van der Waals surface area contributed by atoms with Crippen molar-refractivity contribution in [3.05, 3.63) is 0 Å². The second kappa shape index (κ2) is 6.82. The maximum Gasteiger partial charge on any atom is 0.0905 e. The van der Waals surface area contributed by atoms with E-state index in [1.165, 1.54) is 45.2 Å². The number of nitrogens with one attached hydrogen (secondary N) is 1. The Morgan fingerprint density at radius 2 is 1.64 bits per heavy atom. The van der Waals surface area contributed by atoms with E-state index in [0.29, 0.717) is 5.84 Å². The zero-order valence-corrected chi connectivity index (χ0v) is 9.10. The molecule has 0 saturated carbocycles. The van der Waals surface area contributed by atoms with E-state index in [9.17, 15) is 0 Å². The van der Waals surface area contributed by atoms with Gasteiger partial charge in [-0.05, 0) is 38.9 Å². The Balaban J connectivity index is 2.10. The highest BCUT2D eigenvalue weighted by atomic mass is 15.1. The molecule has 0 aromatic rings. The molecule has 1 rings (SSSR count). The van der Waals surface area contributed by atoms with E-state index in [1.54, 1.807) is 0 Å². The van der Waals surface area contributed by atoms with Crippen molar-refractivity contribution >= 4 is 5.84 Å². The van der Waals surface area contributed by atoms with E-state index in [-0.39, 0.29) is 0 Å². The van der Waals surface area contributed by atoms with Gasteiger partial charge in [-0.1, -0.05) is 19.3 Å². The number of nitrogens with zero attached hydrogens (tertiary/aromatic N) is 1. The number of hydrogen-bond donors (Lipinski definition) is 2. The average molecular weight is 197 g/mol. The number of likely N-dealkylation sites (tertiary alicyclic amines) is 1. The summed E-state index contributed by atoms with van der Waals surface area (Å²) >= 11 is 0. The van der Waals surface area contributed by atoms with Crippen molar-refractivity contribution in [1.82, 2.24) is 4.90 Å². The average Bonchev–Trinajstić information content (AvgIpc) is 2.07. The molecule has 0 aromatic carbocycles. The first-order chi connectivity index (χ1) is 6.79. The summed E-state index contributed by atoms with van der Waals surface area (Å²) in [5.41, 5.74) is 5.33. The van der Waals surface area contributed by atoms with E-state index in [4.69, 9.17) is 11.1 Å². The van der Waals surface area contributed by atoms with Crippen LogP contribution in [-0.2, 0) is 0 Å². The highest BCUT2D eigenvalue weighted by Crippen LogP contribution is 2.10. The van der Waals surface area contributed by atoms with Crippen molar-refractivity contribution in [2.45, 2.75) is 44.9 Å². The van der Waals surface area contributed by atoms with Crippen LogP contribution in [0.15, 0.2) is 0 Å². The van der Waals surface area contributed by atoms with Crippen LogP contribution >= 0.6 is 0 Å². The predicted octanol–water partition coefficient (Wildman–Crippen LogP) is 1.97. The summed E-state index contributed by atoms with van der Waals surface area (Å²) in [5, 5.41) is 7.15. The van der Waals surface area contributed by atoms with Crippen LogP contribution in [0.3, 0.4) is 0 Å². The lowest BCUT2D eigenvalue weighted by Crippen LogP contribution is -2.29. The van der Waals surface area contributed by atoms with Gasteiger partial charge < -0.3 is 10.6 Å². The van der Waals surface area contributed by atoms with E-state index in [1.807, 2.05) is 0 Å². The first kappa shape index (κ1) is 11.5. The molecule has 1 aliphatic rings. The third-order valence-corrected chi connectivity index (χ3v) is 2.87. The fraction of sp³-hybridized carbons (Fsp3) is 0.909. The SMILES string of the molecule is N=C(N)CCCN1CCCCCCC1. The number of rotatable bonds is 4. The lowest BCUT2D eigenvalue weighted by molar-refractivity contribution is 0.246. The van der Waals surface area contributed by atoms with Crippen molar-refractivity contribution in [3.8, 4) is 0 Å². The fourth-order valence-electron chi connectivity index (χ4n) is 2.03. The van der Waals surface area contributed by atoms with Gasteiger partial charge in [-0.15, -0.1) is 0 Å². The largest absolute Gasteiger partial charge is 0.388 e. The summed E-state index contributed by atoms with van der Waals surface area (Å²) in [6.07, 6.45) is 8.71. The van der Waals surface area contributed by atoms with Crippen molar-refractivity contribution in [1.29, 1.82) is 5.41 Å². The molecule has 0 radical (unpaired) electrons. The topological polar surface area (TPSA) is 53.1 Å². The van der Waals surface area contributed by atoms with Gasteiger partial charge in [0, 0.05) is 6.42 Å². The van der Waals surface area contributed by atoms with Crippen LogP contribution in [0.2, 0.25) is 0 Å². The molecule has 1 aliphatic heterocycles. The van der Waals surface area contributed by atoms with Crippen LogP contribution in [0.4, 0.5) is 0 Å². The minimum absolute atomic E-state index is 0.331. The molecule has 14 heavy (non-hydrogen) atoms. The molecule has 1 heterocycles. The highest BCUT2D eigenvalue weighted by Gasteiger charge is 2.07. The Bertz CT molecular complexity index is 160. The highest BCUT2D eigenvalue weighted by molar-refractivity contribution is 5.76. The normalized spacial score (nSPS) is 20.0. The van der Waals surface area contributed by atoms with E-state index in [0.717, 1.165) is 19.4 Å². The van der Waals surface area contributed by atoms with E-state index >= 15 is 0 Å². The maximum absolute atomic E-state index is 7.15. The molecular formula is C11H23N3. The van der Waals surface area contributed by atoms with Crippen LogP contribution < -0.4 is 5.73 Å². The van der Waals surface area contributed by atoms with Gasteiger partial charge in [0.05, 0.1) is 5.84 Å². The number of nitrogens with two attached hydrogens (primary N) is 1. The van der Waals surface area contributed by atoms with Gasteiger partial charge in [0.15, 0.2) is 0 Å². The van der Waals surface area contributed by atoms with Crippen molar-refractivity contribution in [2.24, 2.45) is 5.73 Å². The molecule has 0 unspecified atom stereocenters. The molecule has 0 spiro atoms. The molecule has 1 fully saturated rings. The second-order valence-corrected chi connectivity index (χ2v) is 4.24. The summed E-state index contributed by atoms with van der Waals surface area (Å²) in [5.74, 6) is 0.331. The molecule has 3 N–H and O–H groups in total. The molecule has 0 aromatic heterocycles. The first-order valence-corrected chi connectivity index (χ1v) is 5.84. The van der Waals surface area contributed by atoms with Gasteiger partial charge in [-0.2, -0.15) is 0 Å². The molecule has 1 saturated heterocycles. The van der Waals surface area contributed by atoms with Crippen molar-refractivity contribution in [3.63, 3.8) is 0 Å². The van der Waals surface area contributed by atoms with Gasteiger partial charge in [0.2, 0.25) is 0 Å².